The fourth-order valence-electron chi connectivity index (χ4n) is 4.74. The van der Waals surface area contributed by atoms with Gasteiger partial charge in [0.15, 0.2) is 0 Å². The molecule has 0 radical (unpaired) electrons. The van der Waals surface area contributed by atoms with E-state index in [1.54, 1.807) is 26.4 Å². The molecule has 4 heterocycles. The molecule has 0 N–H and O–H groups in total. The molecule has 36 heavy (non-hydrogen) atoms. The molecule has 1 aliphatic heterocycles. The lowest BCUT2D eigenvalue weighted by atomic mass is 9.90. The Balaban J connectivity index is 1.37. The van der Waals surface area contributed by atoms with Crippen LogP contribution < -0.4 is 9.64 Å². The molecule has 0 bridgehead atoms. The number of esters is 1. The lowest BCUT2D eigenvalue weighted by Gasteiger charge is -2.36. The molecule has 11 heteroatoms. The summed E-state index contributed by atoms with van der Waals surface area (Å²) in [7, 11) is 1.57. The SMILES string of the molecule is CCOC(=O)c1cnn(-c2nc(OC)c3c(cnn3[C@@H](C)C3CCN(c4cccc(Cl)c4)CC3)n2)c1. The van der Waals surface area contributed by atoms with Gasteiger partial charge in [-0.2, -0.15) is 15.2 Å². The van der Waals surface area contributed by atoms with Crippen LogP contribution in [0.1, 0.15) is 43.1 Å². The van der Waals surface area contributed by atoms with Crippen LogP contribution in [-0.2, 0) is 4.74 Å². The van der Waals surface area contributed by atoms with Gasteiger partial charge < -0.3 is 14.4 Å². The summed E-state index contributed by atoms with van der Waals surface area (Å²) in [6, 6.07) is 8.14. The maximum atomic E-state index is 12.0. The van der Waals surface area contributed by atoms with E-state index in [2.05, 4.69) is 38.1 Å². The quantitative estimate of drug-likeness (QED) is 0.339. The van der Waals surface area contributed by atoms with Crippen LogP contribution >= 0.6 is 11.6 Å². The zero-order valence-electron chi connectivity index (χ0n) is 20.5. The average Bonchev–Trinajstić information content (AvgIpc) is 3.56. The van der Waals surface area contributed by atoms with Gasteiger partial charge in [0.05, 0.1) is 37.7 Å². The summed E-state index contributed by atoms with van der Waals surface area (Å²) in [5, 5.41) is 9.63. The Morgan fingerprint density at radius 1 is 1.19 bits per heavy atom. The van der Waals surface area contributed by atoms with Crippen molar-refractivity contribution in [2.24, 2.45) is 5.92 Å². The summed E-state index contributed by atoms with van der Waals surface area (Å²) in [6.07, 6.45) is 6.75. The van der Waals surface area contributed by atoms with Crippen LogP contribution in [0.2, 0.25) is 5.02 Å². The molecule has 1 fully saturated rings. The third-order valence-electron chi connectivity index (χ3n) is 6.67. The van der Waals surface area contributed by atoms with E-state index in [1.165, 1.54) is 10.9 Å². The van der Waals surface area contributed by atoms with Crippen molar-refractivity contribution in [3.8, 4) is 11.8 Å². The number of hydrogen-bond acceptors (Lipinski definition) is 8. The zero-order valence-corrected chi connectivity index (χ0v) is 21.2. The number of halogens is 1. The second-order valence-corrected chi connectivity index (χ2v) is 9.23. The minimum atomic E-state index is -0.445. The number of carbonyl (C=O) groups is 1. The first-order valence-electron chi connectivity index (χ1n) is 12.0. The Kier molecular flexibility index (Phi) is 6.77. The van der Waals surface area contributed by atoms with Gasteiger partial charge in [-0.3, -0.25) is 4.68 Å². The van der Waals surface area contributed by atoms with Crippen LogP contribution in [0.5, 0.6) is 5.88 Å². The Labute approximate surface area is 213 Å². The fraction of sp³-hybridized carbons (Fsp3) is 0.400. The number of nitrogens with zero attached hydrogens (tertiary/aromatic N) is 7. The fourth-order valence-corrected chi connectivity index (χ4v) is 4.92. The number of benzene rings is 1. The zero-order chi connectivity index (χ0) is 25.2. The summed E-state index contributed by atoms with van der Waals surface area (Å²) in [5.41, 5.74) is 2.87. The van der Waals surface area contributed by atoms with Crippen molar-refractivity contribution in [2.75, 3.05) is 31.7 Å². The van der Waals surface area contributed by atoms with Gasteiger partial charge in [-0.25, -0.2) is 14.5 Å². The van der Waals surface area contributed by atoms with Crippen molar-refractivity contribution in [1.82, 2.24) is 29.5 Å². The van der Waals surface area contributed by atoms with Crippen molar-refractivity contribution in [3.05, 3.63) is 53.4 Å². The van der Waals surface area contributed by atoms with E-state index in [9.17, 15) is 4.79 Å². The molecule has 1 aliphatic rings. The highest BCUT2D eigenvalue weighted by atomic mass is 35.5. The molecule has 0 unspecified atom stereocenters. The second-order valence-electron chi connectivity index (χ2n) is 8.79. The van der Waals surface area contributed by atoms with E-state index in [0.717, 1.165) is 42.2 Å². The van der Waals surface area contributed by atoms with Crippen LogP contribution in [0.3, 0.4) is 0 Å². The summed E-state index contributed by atoms with van der Waals surface area (Å²) >= 11 is 6.18. The Bertz CT molecular complexity index is 1380. The van der Waals surface area contributed by atoms with E-state index in [1.807, 2.05) is 22.9 Å². The lowest BCUT2D eigenvalue weighted by Crippen LogP contribution is -2.36. The van der Waals surface area contributed by atoms with Gasteiger partial charge in [0.1, 0.15) is 11.0 Å². The normalized spacial score (nSPS) is 15.3. The number of ether oxygens (including phenoxy) is 2. The average molecular weight is 510 g/mol. The standard InChI is InChI=1S/C25H28ClN7O3/c1-4-36-24(34)18-13-27-32(15-18)25-29-21-14-28-33(22(21)23(30-25)35-3)16(2)17-8-10-31(11-9-17)20-7-5-6-19(26)12-20/h5-7,12-17H,4,8-11H2,1-3H3/t16-/m0/s1. The number of fused-ring (bicyclic) bond motifs is 1. The van der Waals surface area contributed by atoms with Crippen molar-refractivity contribution in [2.45, 2.75) is 32.7 Å². The Morgan fingerprint density at radius 3 is 2.72 bits per heavy atom. The summed E-state index contributed by atoms with van der Waals surface area (Å²) < 4.78 is 14.1. The summed E-state index contributed by atoms with van der Waals surface area (Å²) in [4.78, 5) is 23.6. The largest absolute Gasteiger partial charge is 0.479 e. The topological polar surface area (TPSA) is 100 Å². The highest BCUT2D eigenvalue weighted by Crippen LogP contribution is 2.34. The molecular weight excluding hydrogens is 482 g/mol. The van der Waals surface area contributed by atoms with E-state index < -0.39 is 5.97 Å². The molecular formula is C25H28ClN7O3. The van der Waals surface area contributed by atoms with Gasteiger partial charge in [-0.05, 0) is 50.8 Å². The molecule has 3 aromatic heterocycles. The van der Waals surface area contributed by atoms with Crippen molar-refractivity contribution in [3.63, 3.8) is 0 Å². The molecule has 1 saturated heterocycles. The predicted molar refractivity (Wildman–Crippen MR) is 136 cm³/mol. The third-order valence-corrected chi connectivity index (χ3v) is 6.91. The van der Waals surface area contributed by atoms with E-state index in [0.29, 0.717) is 22.9 Å². The number of carbonyl (C=O) groups excluding carboxylic acids is 1. The predicted octanol–water partition coefficient (Wildman–Crippen LogP) is 4.33. The Morgan fingerprint density at radius 2 is 2.00 bits per heavy atom. The first-order chi connectivity index (χ1) is 17.5. The summed E-state index contributed by atoms with van der Waals surface area (Å²) in [6.45, 7) is 6.13. The molecule has 5 rings (SSSR count). The highest BCUT2D eigenvalue weighted by Gasteiger charge is 2.28. The second kappa shape index (κ2) is 10.1. The molecule has 4 aromatic rings. The summed E-state index contributed by atoms with van der Waals surface area (Å²) in [5.74, 6) is 0.687. The van der Waals surface area contributed by atoms with Crippen molar-refractivity contribution in [1.29, 1.82) is 0 Å². The number of methoxy groups -OCH3 is 1. The lowest BCUT2D eigenvalue weighted by molar-refractivity contribution is 0.0526. The van der Waals surface area contributed by atoms with E-state index in [-0.39, 0.29) is 18.6 Å². The van der Waals surface area contributed by atoms with Gasteiger partial charge in [0.25, 0.3) is 5.95 Å². The number of aromatic nitrogens is 6. The van der Waals surface area contributed by atoms with Gasteiger partial charge in [-0.1, -0.05) is 17.7 Å². The first-order valence-corrected chi connectivity index (χ1v) is 12.4. The molecule has 0 saturated carbocycles. The number of piperidine rings is 1. The molecule has 1 aromatic carbocycles. The van der Waals surface area contributed by atoms with Gasteiger partial charge in [0.2, 0.25) is 5.88 Å². The number of anilines is 1. The molecule has 0 aliphatic carbocycles. The van der Waals surface area contributed by atoms with Crippen molar-refractivity contribution >= 4 is 34.3 Å². The van der Waals surface area contributed by atoms with Crippen LogP contribution in [0.15, 0.2) is 42.9 Å². The highest BCUT2D eigenvalue weighted by molar-refractivity contribution is 6.30. The first kappa shape index (κ1) is 24.1. The monoisotopic (exact) mass is 509 g/mol. The van der Waals surface area contributed by atoms with Crippen LogP contribution in [-0.4, -0.2) is 62.3 Å². The molecule has 10 nitrogen and oxygen atoms in total. The number of hydrogen-bond donors (Lipinski definition) is 0. The van der Waals surface area contributed by atoms with Gasteiger partial charge in [0, 0.05) is 30.0 Å². The number of rotatable bonds is 7. The minimum absolute atomic E-state index is 0.132. The molecule has 0 spiro atoms. The van der Waals surface area contributed by atoms with Crippen LogP contribution in [0.4, 0.5) is 5.69 Å². The van der Waals surface area contributed by atoms with Gasteiger partial charge >= 0.3 is 5.97 Å². The van der Waals surface area contributed by atoms with Crippen molar-refractivity contribution < 1.29 is 14.3 Å². The van der Waals surface area contributed by atoms with E-state index >= 15 is 0 Å². The maximum Gasteiger partial charge on any atom is 0.341 e. The van der Waals surface area contributed by atoms with E-state index in [4.69, 9.17) is 21.1 Å². The minimum Gasteiger partial charge on any atom is -0.479 e. The molecule has 188 valence electrons. The Hall–Kier alpha value is -3.66. The maximum absolute atomic E-state index is 12.0. The smallest absolute Gasteiger partial charge is 0.341 e. The van der Waals surface area contributed by atoms with Gasteiger partial charge in [-0.15, -0.1) is 0 Å². The third kappa shape index (κ3) is 4.60. The molecule has 0 amide bonds. The molecule has 1 atom stereocenters. The van der Waals surface area contributed by atoms with Crippen LogP contribution in [0, 0.1) is 5.92 Å². The van der Waals surface area contributed by atoms with Crippen LogP contribution in [0.25, 0.3) is 17.0 Å².